The van der Waals surface area contributed by atoms with Gasteiger partial charge < -0.3 is 5.73 Å². The number of aryl methyl sites for hydroxylation is 1. The summed E-state index contributed by atoms with van der Waals surface area (Å²) in [5.74, 6) is 0. The zero-order valence-electron chi connectivity index (χ0n) is 13.0. The van der Waals surface area contributed by atoms with Gasteiger partial charge in [-0.05, 0) is 49.4 Å². The average Bonchev–Trinajstić information content (AvgIpc) is 2.46. The van der Waals surface area contributed by atoms with Crippen LogP contribution >= 0.6 is 0 Å². The second kappa shape index (κ2) is 6.20. The SMILES string of the molecule is CCc1cc(N)c(CC)c(S(=O)(=O)N2CCC=C(C)C2)c1. The van der Waals surface area contributed by atoms with E-state index in [4.69, 9.17) is 5.73 Å². The summed E-state index contributed by atoms with van der Waals surface area (Å²) in [6, 6.07) is 3.68. The van der Waals surface area contributed by atoms with Crippen molar-refractivity contribution in [3.63, 3.8) is 0 Å². The third kappa shape index (κ3) is 3.14. The lowest BCUT2D eigenvalue weighted by Crippen LogP contribution is -2.36. The van der Waals surface area contributed by atoms with E-state index in [1.54, 1.807) is 10.4 Å². The maximum Gasteiger partial charge on any atom is 0.243 e. The van der Waals surface area contributed by atoms with E-state index < -0.39 is 10.0 Å². The van der Waals surface area contributed by atoms with E-state index >= 15 is 0 Å². The van der Waals surface area contributed by atoms with Gasteiger partial charge in [0, 0.05) is 18.8 Å². The Morgan fingerprint density at radius 3 is 2.52 bits per heavy atom. The first-order valence-electron chi connectivity index (χ1n) is 7.47. The van der Waals surface area contributed by atoms with E-state index in [9.17, 15) is 8.42 Å². The second-order valence-corrected chi connectivity index (χ2v) is 7.45. The molecule has 2 rings (SSSR count). The highest BCUT2D eigenvalue weighted by atomic mass is 32.2. The fraction of sp³-hybridized carbons (Fsp3) is 0.500. The Hall–Kier alpha value is -1.33. The number of rotatable bonds is 4. The molecular formula is C16H24N2O2S. The molecule has 2 N–H and O–H groups in total. The van der Waals surface area contributed by atoms with Crippen molar-refractivity contribution >= 4 is 15.7 Å². The number of nitrogen functional groups attached to an aromatic ring is 1. The molecule has 0 saturated carbocycles. The van der Waals surface area contributed by atoms with Crippen molar-refractivity contribution < 1.29 is 8.42 Å². The van der Waals surface area contributed by atoms with Crippen molar-refractivity contribution in [1.29, 1.82) is 0 Å². The molecule has 0 aromatic heterocycles. The van der Waals surface area contributed by atoms with Crippen LogP contribution in [-0.2, 0) is 22.9 Å². The molecule has 4 nitrogen and oxygen atoms in total. The van der Waals surface area contributed by atoms with Crippen molar-refractivity contribution in [3.8, 4) is 0 Å². The Balaban J connectivity index is 2.53. The minimum atomic E-state index is -3.48. The zero-order chi connectivity index (χ0) is 15.6. The number of nitrogens with two attached hydrogens (primary N) is 1. The van der Waals surface area contributed by atoms with Gasteiger partial charge in [-0.3, -0.25) is 0 Å². The molecule has 5 heteroatoms. The van der Waals surface area contributed by atoms with Gasteiger partial charge in [-0.1, -0.05) is 25.5 Å². The van der Waals surface area contributed by atoms with Crippen molar-refractivity contribution in [3.05, 3.63) is 34.9 Å². The van der Waals surface area contributed by atoms with Gasteiger partial charge in [-0.15, -0.1) is 0 Å². The highest BCUT2D eigenvalue weighted by Crippen LogP contribution is 2.29. The monoisotopic (exact) mass is 308 g/mol. The van der Waals surface area contributed by atoms with Crippen LogP contribution in [0.1, 0.15) is 38.3 Å². The molecule has 0 spiro atoms. The van der Waals surface area contributed by atoms with Gasteiger partial charge in [-0.25, -0.2) is 8.42 Å². The van der Waals surface area contributed by atoms with Crippen LogP contribution in [-0.4, -0.2) is 25.8 Å². The summed E-state index contributed by atoms with van der Waals surface area (Å²) >= 11 is 0. The molecular weight excluding hydrogens is 284 g/mol. The summed E-state index contributed by atoms with van der Waals surface area (Å²) in [6.07, 6.45) is 4.27. The second-order valence-electron chi connectivity index (χ2n) is 5.55. The molecule has 0 bridgehead atoms. The zero-order valence-corrected chi connectivity index (χ0v) is 13.8. The number of hydrogen-bond donors (Lipinski definition) is 1. The van der Waals surface area contributed by atoms with Crippen molar-refractivity contribution in [2.24, 2.45) is 0 Å². The van der Waals surface area contributed by atoms with Crippen LogP contribution in [0.4, 0.5) is 5.69 Å². The number of hydrogen-bond acceptors (Lipinski definition) is 3. The lowest BCUT2D eigenvalue weighted by atomic mass is 10.1. The molecule has 0 radical (unpaired) electrons. The van der Waals surface area contributed by atoms with Crippen LogP contribution in [0.15, 0.2) is 28.7 Å². The van der Waals surface area contributed by atoms with Crippen LogP contribution in [0.3, 0.4) is 0 Å². The van der Waals surface area contributed by atoms with Gasteiger partial charge in [0.15, 0.2) is 0 Å². The molecule has 0 aliphatic carbocycles. The molecule has 1 aromatic carbocycles. The smallest absolute Gasteiger partial charge is 0.243 e. The van der Waals surface area contributed by atoms with Gasteiger partial charge in [0.1, 0.15) is 0 Å². The lowest BCUT2D eigenvalue weighted by molar-refractivity contribution is 0.427. The minimum Gasteiger partial charge on any atom is -0.398 e. The Labute approximate surface area is 127 Å². The largest absolute Gasteiger partial charge is 0.398 e. The Kier molecular flexibility index (Phi) is 4.74. The summed E-state index contributed by atoms with van der Waals surface area (Å²) < 4.78 is 27.5. The fourth-order valence-electron chi connectivity index (χ4n) is 2.76. The van der Waals surface area contributed by atoms with Crippen molar-refractivity contribution in [1.82, 2.24) is 4.31 Å². The van der Waals surface area contributed by atoms with Crippen LogP contribution in [0, 0.1) is 0 Å². The normalized spacial score (nSPS) is 16.8. The van der Waals surface area contributed by atoms with E-state index in [0.29, 0.717) is 30.1 Å². The maximum absolute atomic E-state index is 13.0. The molecule has 0 amide bonds. The first-order chi connectivity index (χ1) is 9.90. The third-order valence-corrected chi connectivity index (χ3v) is 5.89. The standard InChI is InChI=1S/C16H24N2O2S/c1-4-13-9-15(17)14(5-2)16(10-13)21(19,20)18-8-6-7-12(3)11-18/h7,9-10H,4-6,8,11,17H2,1-3H3. The first kappa shape index (κ1) is 16.0. The topological polar surface area (TPSA) is 63.4 Å². The summed E-state index contributed by atoms with van der Waals surface area (Å²) in [5.41, 5.74) is 9.45. The predicted octanol–water partition coefficient (Wildman–Crippen LogP) is 2.73. The molecule has 1 aromatic rings. The third-order valence-electron chi connectivity index (χ3n) is 3.98. The van der Waals surface area contributed by atoms with Crippen molar-refractivity contribution in [2.75, 3.05) is 18.8 Å². The fourth-order valence-corrected chi connectivity index (χ4v) is 4.63. The molecule has 1 aliphatic heterocycles. The Morgan fingerprint density at radius 2 is 1.95 bits per heavy atom. The summed E-state index contributed by atoms with van der Waals surface area (Å²) in [6.45, 7) is 6.93. The number of benzene rings is 1. The number of sulfonamides is 1. The molecule has 1 heterocycles. The summed E-state index contributed by atoms with van der Waals surface area (Å²) in [5, 5.41) is 0. The van der Waals surface area contributed by atoms with Gasteiger partial charge in [0.05, 0.1) is 4.90 Å². The molecule has 0 atom stereocenters. The average molecular weight is 308 g/mol. The minimum absolute atomic E-state index is 0.386. The van der Waals surface area contributed by atoms with Gasteiger partial charge in [-0.2, -0.15) is 4.31 Å². The molecule has 21 heavy (non-hydrogen) atoms. The van der Waals surface area contributed by atoms with Crippen LogP contribution < -0.4 is 5.73 Å². The summed E-state index contributed by atoms with van der Waals surface area (Å²) in [7, 11) is -3.48. The molecule has 0 fully saturated rings. The first-order valence-corrected chi connectivity index (χ1v) is 8.91. The molecule has 116 valence electrons. The van der Waals surface area contributed by atoms with Crippen LogP contribution in [0.25, 0.3) is 0 Å². The van der Waals surface area contributed by atoms with E-state index in [2.05, 4.69) is 6.08 Å². The van der Waals surface area contributed by atoms with E-state index in [1.807, 2.05) is 26.8 Å². The van der Waals surface area contributed by atoms with Crippen molar-refractivity contribution in [2.45, 2.75) is 44.9 Å². The van der Waals surface area contributed by atoms with Gasteiger partial charge in [0.2, 0.25) is 10.0 Å². The highest BCUT2D eigenvalue weighted by molar-refractivity contribution is 7.89. The Bertz CT molecular complexity index is 663. The molecule has 1 aliphatic rings. The number of nitrogens with zero attached hydrogens (tertiary/aromatic N) is 1. The van der Waals surface area contributed by atoms with E-state index in [-0.39, 0.29) is 0 Å². The van der Waals surface area contributed by atoms with Crippen LogP contribution in [0.2, 0.25) is 0 Å². The lowest BCUT2D eigenvalue weighted by Gasteiger charge is -2.27. The Morgan fingerprint density at radius 1 is 1.24 bits per heavy atom. The van der Waals surface area contributed by atoms with Gasteiger partial charge >= 0.3 is 0 Å². The molecule has 0 unspecified atom stereocenters. The predicted molar refractivity (Wildman–Crippen MR) is 86.7 cm³/mol. The number of anilines is 1. The summed E-state index contributed by atoms with van der Waals surface area (Å²) in [4.78, 5) is 0.386. The molecule has 0 saturated heterocycles. The highest BCUT2D eigenvalue weighted by Gasteiger charge is 2.29. The van der Waals surface area contributed by atoms with Gasteiger partial charge in [0.25, 0.3) is 0 Å². The van der Waals surface area contributed by atoms with E-state index in [0.717, 1.165) is 29.5 Å². The maximum atomic E-state index is 13.0. The van der Waals surface area contributed by atoms with Crippen LogP contribution in [0.5, 0.6) is 0 Å². The quantitative estimate of drug-likeness (QED) is 0.687. The van der Waals surface area contributed by atoms with E-state index in [1.165, 1.54) is 0 Å².